The van der Waals surface area contributed by atoms with Crippen molar-refractivity contribution < 1.29 is 0 Å². The molecule has 2 N–H and O–H groups in total. The average molecular weight is 162 g/mol. The minimum absolute atomic E-state index is 0.160. The molecular weight excluding hydrogens is 146 g/mol. The van der Waals surface area contributed by atoms with Crippen molar-refractivity contribution in [2.75, 3.05) is 0 Å². The van der Waals surface area contributed by atoms with Crippen molar-refractivity contribution in [1.82, 2.24) is 0 Å². The predicted octanol–water partition coefficient (Wildman–Crippen LogP) is 2.53. The summed E-state index contributed by atoms with van der Waals surface area (Å²) in [6.45, 7) is 4.34. The van der Waals surface area contributed by atoms with Crippen LogP contribution in [0, 0.1) is 12.0 Å². The SMILES string of the molecule is CCC(C)C(N)c1c[c]ccc1. The van der Waals surface area contributed by atoms with Crippen LogP contribution in [-0.2, 0) is 0 Å². The van der Waals surface area contributed by atoms with Crippen LogP contribution in [0.25, 0.3) is 0 Å². The maximum Gasteiger partial charge on any atom is 0.0320 e. The van der Waals surface area contributed by atoms with E-state index in [1.54, 1.807) is 0 Å². The summed E-state index contributed by atoms with van der Waals surface area (Å²) in [7, 11) is 0. The Bertz CT molecular complexity index is 218. The highest BCUT2D eigenvalue weighted by atomic mass is 14.6. The molecule has 0 spiro atoms. The van der Waals surface area contributed by atoms with Gasteiger partial charge in [0.15, 0.2) is 0 Å². The summed E-state index contributed by atoms with van der Waals surface area (Å²) in [5.74, 6) is 0.542. The lowest BCUT2D eigenvalue weighted by atomic mass is 9.94. The molecule has 0 fully saturated rings. The van der Waals surface area contributed by atoms with Gasteiger partial charge in [0.2, 0.25) is 0 Å². The summed E-state index contributed by atoms with van der Waals surface area (Å²) >= 11 is 0. The zero-order valence-corrected chi connectivity index (χ0v) is 7.75. The monoisotopic (exact) mass is 162 g/mol. The zero-order valence-electron chi connectivity index (χ0n) is 7.75. The Morgan fingerprint density at radius 3 is 2.83 bits per heavy atom. The van der Waals surface area contributed by atoms with Crippen LogP contribution in [-0.4, -0.2) is 0 Å². The van der Waals surface area contributed by atoms with Gasteiger partial charge in [-0.25, -0.2) is 0 Å². The van der Waals surface area contributed by atoms with Crippen molar-refractivity contribution in [3.8, 4) is 0 Å². The number of hydrogen-bond donors (Lipinski definition) is 1. The van der Waals surface area contributed by atoms with Crippen molar-refractivity contribution in [1.29, 1.82) is 0 Å². The van der Waals surface area contributed by atoms with Gasteiger partial charge in [-0.05, 0) is 23.6 Å². The fraction of sp³-hybridized carbons (Fsp3) is 0.455. The Labute approximate surface area is 74.6 Å². The molecule has 1 radical (unpaired) electrons. The third kappa shape index (κ3) is 2.08. The van der Waals surface area contributed by atoms with Crippen LogP contribution in [0.4, 0.5) is 0 Å². The Hall–Kier alpha value is -0.820. The molecule has 65 valence electrons. The normalized spacial score (nSPS) is 15.6. The summed E-state index contributed by atoms with van der Waals surface area (Å²) < 4.78 is 0. The summed E-state index contributed by atoms with van der Waals surface area (Å²) in [4.78, 5) is 0. The van der Waals surface area contributed by atoms with Gasteiger partial charge in [0, 0.05) is 6.04 Å². The predicted molar refractivity (Wildman–Crippen MR) is 51.7 cm³/mol. The zero-order chi connectivity index (χ0) is 8.97. The molecule has 1 rings (SSSR count). The Morgan fingerprint density at radius 2 is 2.33 bits per heavy atom. The third-order valence-electron chi connectivity index (χ3n) is 2.37. The van der Waals surface area contributed by atoms with Crippen LogP contribution in [0.15, 0.2) is 24.3 Å². The summed E-state index contributed by atoms with van der Waals surface area (Å²) in [6, 6.07) is 11.1. The smallest absolute Gasteiger partial charge is 0.0320 e. The van der Waals surface area contributed by atoms with Crippen LogP contribution in [0.5, 0.6) is 0 Å². The standard InChI is InChI=1S/C11H16N/c1-3-9(2)11(12)10-7-5-4-6-8-10/h4-5,7-9,11H,3,12H2,1-2H3. The second-order valence-corrected chi connectivity index (χ2v) is 3.25. The first-order valence-electron chi connectivity index (χ1n) is 4.47. The van der Waals surface area contributed by atoms with Crippen LogP contribution >= 0.6 is 0 Å². The van der Waals surface area contributed by atoms with Gasteiger partial charge >= 0.3 is 0 Å². The Morgan fingerprint density at radius 1 is 1.58 bits per heavy atom. The van der Waals surface area contributed by atoms with Crippen LogP contribution in [0.1, 0.15) is 31.9 Å². The van der Waals surface area contributed by atoms with Gasteiger partial charge in [-0.2, -0.15) is 0 Å². The van der Waals surface area contributed by atoms with Gasteiger partial charge in [0.05, 0.1) is 0 Å². The quantitative estimate of drug-likeness (QED) is 0.726. The molecule has 1 nitrogen and oxygen atoms in total. The Balaban J connectivity index is 2.71. The maximum absolute atomic E-state index is 6.03. The molecule has 0 amide bonds. The van der Waals surface area contributed by atoms with E-state index in [0.717, 1.165) is 6.42 Å². The van der Waals surface area contributed by atoms with Crippen LogP contribution < -0.4 is 5.73 Å². The molecule has 2 atom stereocenters. The molecule has 0 heterocycles. The summed E-state index contributed by atoms with van der Waals surface area (Å²) in [5.41, 5.74) is 7.22. The molecule has 0 bridgehead atoms. The minimum Gasteiger partial charge on any atom is -0.324 e. The molecule has 12 heavy (non-hydrogen) atoms. The second kappa shape index (κ2) is 4.27. The number of rotatable bonds is 3. The van der Waals surface area contributed by atoms with E-state index in [2.05, 4.69) is 26.0 Å². The van der Waals surface area contributed by atoms with Crippen LogP contribution in [0.2, 0.25) is 0 Å². The lowest BCUT2D eigenvalue weighted by Gasteiger charge is -2.18. The van der Waals surface area contributed by atoms with Gasteiger partial charge in [0.1, 0.15) is 0 Å². The molecular formula is C11H16N. The first kappa shape index (κ1) is 9.27. The molecule has 0 aliphatic heterocycles. The molecule has 1 aromatic carbocycles. The van der Waals surface area contributed by atoms with E-state index in [-0.39, 0.29) is 6.04 Å². The second-order valence-electron chi connectivity index (χ2n) is 3.25. The molecule has 0 aliphatic rings. The van der Waals surface area contributed by atoms with Gasteiger partial charge in [-0.15, -0.1) is 0 Å². The highest BCUT2D eigenvalue weighted by Crippen LogP contribution is 2.20. The molecule has 0 aromatic heterocycles. The Kier molecular flexibility index (Phi) is 3.30. The number of benzene rings is 1. The number of hydrogen-bond acceptors (Lipinski definition) is 1. The highest BCUT2D eigenvalue weighted by molar-refractivity contribution is 5.17. The number of nitrogens with two attached hydrogens (primary N) is 1. The molecule has 0 aliphatic carbocycles. The molecule has 1 aromatic rings. The average Bonchev–Trinajstić information content (AvgIpc) is 2.17. The van der Waals surface area contributed by atoms with Crippen molar-refractivity contribution in [3.63, 3.8) is 0 Å². The van der Waals surface area contributed by atoms with Crippen molar-refractivity contribution in [2.24, 2.45) is 11.7 Å². The topological polar surface area (TPSA) is 26.0 Å². The fourth-order valence-corrected chi connectivity index (χ4v) is 1.20. The lowest BCUT2D eigenvalue weighted by molar-refractivity contribution is 0.457. The van der Waals surface area contributed by atoms with E-state index in [4.69, 9.17) is 5.73 Å². The highest BCUT2D eigenvalue weighted by Gasteiger charge is 2.11. The van der Waals surface area contributed by atoms with E-state index in [9.17, 15) is 0 Å². The van der Waals surface area contributed by atoms with Crippen molar-refractivity contribution in [2.45, 2.75) is 26.3 Å². The van der Waals surface area contributed by atoms with Crippen LogP contribution in [0.3, 0.4) is 0 Å². The van der Waals surface area contributed by atoms with E-state index >= 15 is 0 Å². The minimum atomic E-state index is 0.160. The molecule has 0 saturated heterocycles. The first-order valence-corrected chi connectivity index (χ1v) is 4.47. The summed E-state index contributed by atoms with van der Waals surface area (Å²) in [6.07, 6.45) is 1.12. The van der Waals surface area contributed by atoms with E-state index in [1.807, 2.05) is 18.2 Å². The first-order chi connectivity index (χ1) is 5.75. The van der Waals surface area contributed by atoms with Crippen molar-refractivity contribution in [3.05, 3.63) is 35.9 Å². The van der Waals surface area contributed by atoms with E-state index in [1.165, 1.54) is 5.56 Å². The van der Waals surface area contributed by atoms with Gasteiger partial charge < -0.3 is 5.73 Å². The van der Waals surface area contributed by atoms with E-state index in [0.29, 0.717) is 5.92 Å². The lowest BCUT2D eigenvalue weighted by Crippen LogP contribution is -2.18. The largest absolute Gasteiger partial charge is 0.324 e. The van der Waals surface area contributed by atoms with E-state index < -0.39 is 0 Å². The van der Waals surface area contributed by atoms with Gasteiger partial charge in [0.25, 0.3) is 0 Å². The van der Waals surface area contributed by atoms with Gasteiger partial charge in [-0.3, -0.25) is 0 Å². The molecule has 0 saturated carbocycles. The van der Waals surface area contributed by atoms with Crippen molar-refractivity contribution >= 4 is 0 Å². The summed E-state index contributed by atoms with van der Waals surface area (Å²) in [5, 5.41) is 0. The maximum atomic E-state index is 6.03. The van der Waals surface area contributed by atoms with Gasteiger partial charge in [-0.1, -0.05) is 38.5 Å². The fourth-order valence-electron chi connectivity index (χ4n) is 1.20. The third-order valence-corrected chi connectivity index (χ3v) is 2.37. The molecule has 2 unspecified atom stereocenters. The molecule has 1 heteroatoms.